The Morgan fingerprint density at radius 3 is 2.57 bits per heavy atom. The Hall–Kier alpha value is -1.72. The first-order valence-corrected chi connectivity index (χ1v) is 8.36. The third-order valence-corrected chi connectivity index (χ3v) is 4.02. The van der Waals surface area contributed by atoms with Gasteiger partial charge in [-0.2, -0.15) is 0 Å². The van der Waals surface area contributed by atoms with Crippen molar-refractivity contribution in [1.82, 2.24) is 5.32 Å². The molecule has 0 aromatic heterocycles. The second-order valence-corrected chi connectivity index (χ2v) is 6.19. The first kappa shape index (κ1) is 17.6. The van der Waals surface area contributed by atoms with Crippen molar-refractivity contribution in [2.45, 2.75) is 13.5 Å². The van der Waals surface area contributed by atoms with E-state index in [-0.39, 0.29) is 5.91 Å². The molecular formula is C17H18BrClN2O2. The lowest BCUT2D eigenvalue weighted by molar-refractivity contribution is 0.0956. The number of hydrogen-bond donors (Lipinski definition) is 2. The molecule has 2 aromatic rings. The SMILES string of the molecule is CCNC(=O)c1c(Cl)cc(Br)cc1NCc1ccc(OC)cc1. The van der Waals surface area contributed by atoms with E-state index < -0.39 is 0 Å². The number of carbonyl (C=O) groups excluding carboxylic acids is 1. The van der Waals surface area contributed by atoms with Crippen molar-refractivity contribution in [2.75, 3.05) is 19.0 Å². The van der Waals surface area contributed by atoms with Crippen LogP contribution in [-0.2, 0) is 6.54 Å². The molecule has 0 spiro atoms. The van der Waals surface area contributed by atoms with Crippen molar-refractivity contribution in [3.05, 3.63) is 57.0 Å². The molecule has 0 aliphatic rings. The van der Waals surface area contributed by atoms with E-state index in [0.717, 1.165) is 15.8 Å². The summed E-state index contributed by atoms with van der Waals surface area (Å²) < 4.78 is 5.96. The van der Waals surface area contributed by atoms with Gasteiger partial charge in [-0.3, -0.25) is 4.79 Å². The van der Waals surface area contributed by atoms with Gasteiger partial charge in [-0.1, -0.05) is 39.7 Å². The number of amides is 1. The Labute approximate surface area is 149 Å². The zero-order valence-corrected chi connectivity index (χ0v) is 15.3. The van der Waals surface area contributed by atoms with Gasteiger partial charge in [-0.05, 0) is 36.8 Å². The quantitative estimate of drug-likeness (QED) is 0.756. The van der Waals surface area contributed by atoms with Crippen LogP contribution >= 0.6 is 27.5 Å². The standard InChI is InChI=1S/C17H18BrClN2O2/c1-3-20-17(22)16-14(19)8-12(18)9-15(16)21-10-11-4-6-13(23-2)7-5-11/h4-9,21H,3,10H2,1-2H3,(H,20,22). The molecule has 2 rings (SSSR count). The lowest BCUT2D eigenvalue weighted by Gasteiger charge is -2.14. The number of hydrogen-bond acceptors (Lipinski definition) is 3. The van der Waals surface area contributed by atoms with Crippen molar-refractivity contribution in [3.63, 3.8) is 0 Å². The predicted molar refractivity (Wildman–Crippen MR) is 97.5 cm³/mol. The molecule has 0 atom stereocenters. The van der Waals surface area contributed by atoms with Gasteiger partial charge in [0.2, 0.25) is 0 Å². The van der Waals surface area contributed by atoms with Crippen molar-refractivity contribution >= 4 is 39.1 Å². The Morgan fingerprint density at radius 1 is 1.26 bits per heavy atom. The maximum absolute atomic E-state index is 12.2. The Morgan fingerprint density at radius 2 is 1.96 bits per heavy atom. The highest BCUT2D eigenvalue weighted by molar-refractivity contribution is 9.10. The van der Waals surface area contributed by atoms with Gasteiger partial charge in [0, 0.05) is 23.2 Å². The average Bonchev–Trinajstić information content (AvgIpc) is 2.53. The Kier molecular flexibility index (Phi) is 6.30. The molecule has 4 nitrogen and oxygen atoms in total. The summed E-state index contributed by atoms with van der Waals surface area (Å²) in [5, 5.41) is 6.46. The number of halogens is 2. The monoisotopic (exact) mass is 396 g/mol. The fourth-order valence-corrected chi connectivity index (χ4v) is 3.03. The maximum Gasteiger partial charge on any atom is 0.254 e. The van der Waals surface area contributed by atoms with Crippen LogP contribution in [-0.4, -0.2) is 19.6 Å². The summed E-state index contributed by atoms with van der Waals surface area (Å²) in [5.41, 5.74) is 2.21. The summed E-state index contributed by atoms with van der Waals surface area (Å²) in [6.07, 6.45) is 0. The molecule has 6 heteroatoms. The van der Waals surface area contributed by atoms with Gasteiger partial charge in [0.25, 0.3) is 5.91 Å². The maximum atomic E-state index is 12.2. The molecule has 0 saturated carbocycles. The summed E-state index contributed by atoms with van der Waals surface area (Å²) in [6.45, 7) is 2.99. The van der Waals surface area contributed by atoms with Crippen LogP contribution in [0.4, 0.5) is 5.69 Å². The van der Waals surface area contributed by atoms with E-state index in [2.05, 4.69) is 26.6 Å². The molecule has 122 valence electrons. The van der Waals surface area contributed by atoms with Crippen molar-refractivity contribution in [2.24, 2.45) is 0 Å². The molecule has 1 amide bonds. The highest BCUT2D eigenvalue weighted by Crippen LogP contribution is 2.30. The van der Waals surface area contributed by atoms with E-state index in [4.69, 9.17) is 16.3 Å². The number of methoxy groups -OCH3 is 1. The minimum absolute atomic E-state index is 0.192. The summed E-state index contributed by atoms with van der Waals surface area (Å²) in [5.74, 6) is 0.615. The average molecular weight is 398 g/mol. The minimum atomic E-state index is -0.192. The van der Waals surface area contributed by atoms with Crippen molar-refractivity contribution in [3.8, 4) is 5.75 Å². The molecule has 0 heterocycles. The van der Waals surface area contributed by atoms with Gasteiger partial charge in [0.05, 0.1) is 17.7 Å². The summed E-state index contributed by atoms with van der Waals surface area (Å²) >= 11 is 9.65. The normalized spacial score (nSPS) is 10.3. The van der Waals surface area contributed by atoms with Crippen LogP contribution in [0.25, 0.3) is 0 Å². The summed E-state index contributed by atoms with van der Waals surface area (Å²) in [4.78, 5) is 12.2. The predicted octanol–water partition coefficient (Wildman–Crippen LogP) is 4.47. The van der Waals surface area contributed by atoms with Gasteiger partial charge in [0.15, 0.2) is 0 Å². The van der Waals surface area contributed by atoms with Crippen LogP contribution in [0, 0.1) is 0 Å². The molecule has 0 bridgehead atoms. The molecule has 0 aliphatic heterocycles. The van der Waals surface area contributed by atoms with Crippen molar-refractivity contribution in [1.29, 1.82) is 0 Å². The molecule has 0 unspecified atom stereocenters. The summed E-state index contributed by atoms with van der Waals surface area (Å²) in [7, 11) is 1.63. The Bertz CT molecular complexity index is 690. The van der Waals surface area contributed by atoms with E-state index in [1.54, 1.807) is 13.2 Å². The molecule has 23 heavy (non-hydrogen) atoms. The lowest BCUT2D eigenvalue weighted by atomic mass is 10.1. The van der Waals surface area contributed by atoms with E-state index in [1.165, 1.54) is 0 Å². The number of anilines is 1. The number of benzene rings is 2. The fraction of sp³-hybridized carbons (Fsp3) is 0.235. The van der Waals surface area contributed by atoms with Gasteiger partial charge in [-0.25, -0.2) is 0 Å². The van der Waals surface area contributed by atoms with Crippen LogP contribution in [0.1, 0.15) is 22.8 Å². The van der Waals surface area contributed by atoms with Crippen LogP contribution in [0.2, 0.25) is 5.02 Å². The molecule has 0 fully saturated rings. The van der Waals surface area contributed by atoms with Crippen LogP contribution in [0.5, 0.6) is 5.75 Å². The second kappa shape index (κ2) is 8.22. The molecule has 0 radical (unpaired) electrons. The highest BCUT2D eigenvalue weighted by atomic mass is 79.9. The second-order valence-electron chi connectivity index (χ2n) is 4.87. The minimum Gasteiger partial charge on any atom is -0.497 e. The number of ether oxygens (including phenoxy) is 1. The Balaban J connectivity index is 2.22. The fourth-order valence-electron chi connectivity index (χ4n) is 2.13. The van der Waals surface area contributed by atoms with Gasteiger partial charge >= 0.3 is 0 Å². The highest BCUT2D eigenvalue weighted by Gasteiger charge is 2.16. The third-order valence-electron chi connectivity index (χ3n) is 3.26. The molecule has 0 saturated heterocycles. The lowest BCUT2D eigenvalue weighted by Crippen LogP contribution is -2.24. The van der Waals surface area contributed by atoms with Crippen LogP contribution < -0.4 is 15.4 Å². The first-order valence-electron chi connectivity index (χ1n) is 7.19. The van der Waals surface area contributed by atoms with Gasteiger partial charge < -0.3 is 15.4 Å². The largest absolute Gasteiger partial charge is 0.497 e. The topological polar surface area (TPSA) is 50.4 Å². The van der Waals surface area contributed by atoms with E-state index in [0.29, 0.717) is 29.4 Å². The van der Waals surface area contributed by atoms with E-state index in [1.807, 2.05) is 37.3 Å². The molecule has 2 aromatic carbocycles. The molecular weight excluding hydrogens is 380 g/mol. The van der Waals surface area contributed by atoms with E-state index >= 15 is 0 Å². The third kappa shape index (κ3) is 4.62. The molecule has 2 N–H and O–H groups in total. The zero-order chi connectivity index (χ0) is 16.8. The van der Waals surface area contributed by atoms with E-state index in [9.17, 15) is 4.79 Å². The number of nitrogens with one attached hydrogen (secondary N) is 2. The van der Waals surface area contributed by atoms with Crippen molar-refractivity contribution < 1.29 is 9.53 Å². The number of carbonyl (C=O) groups is 1. The molecule has 0 aliphatic carbocycles. The van der Waals surface area contributed by atoms with Crippen LogP contribution in [0.15, 0.2) is 40.9 Å². The van der Waals surface area contributed by atoms with Gasteiger partial charge in [-0.15, -0.1) is 0 Å². The summed E-state index contributed by atoms with van der Waals surface area (Å²) in [6, 6.07) is 11.3. The zero-order valence-electron chi connectivity index (χ0n) is 13.0. The first-order chi connectivity index (χ1) is 11.0. The van der Waals surface area contributed by atoms with Crippen LogP contribution in [0.3, 0.4) is 0 Å². The smallest absolute Gasteiger partial charge is 0.254 e. The number of rotatable bonds is 6. The van der Waals surface area contributed by atoms with Gasteiger partial charge in [0.1, 0.15) is 5.75 Å².